The molecule has 0 aliphatic carbocycles. The third-order valence-electron chi connectivity index (χ3n) is 1.39. The molecule has 1 N–H and O–H groups in total. The van der Waals surface area contributed by atoms with Crippen molar-refractivity contribution in [3.8, 4) is 0 Å². The summed E-state index contributed by atoms with van der Waals surface area (Å²) in [4.78, 5) is 23.4. The molecule has 14 heavy (non-hydrogen) atoms. The fourth-order valence-electron chi connectivity index (χ4n) is 0.852. The molecule has 1 aromatic carbocycles. The molecule has 0 heterocycles. The Morgan fingerprint density at radius 3 is 2.71 bits per heavy atom. The highest BCUT2D eigenvalue weighted by Crippen LogP contribution is 2.25. The van der Waals surface area contributed by atoms with E-state index in [0.717, 1.165) is 0 Å². The molecule has 72 valence electrons. The molecule has 0 saturated heterocycles. The van der Waals surface area contributed by atoms with Crippen LogP contribution in [0.2, 0.25) is 0 Å². The summed E-state index contributed by atoms with van der Waals surface area (Å²) in [6.45, 7) is 0. The number of nitro benzene ring substituents is 1. The van der Waals surface area contributed by atoms with Gasteiger partial charge in [0.05, 0.1) is 4.92 Å². The van der Waals surface area contributed by atoms with E-state index in [1.165, 1.54) is 18.2 Å². The number of aliphatic carboxylic acids is 1. The highest BCUT2D eigenvalue weighted by Gasteiger charge is 2.10. The van der Waals surface area contributed by atoms with Gasteiger partial charge in [0, 0.05) is 6.07 Å². The lowest BCUT2D eigenvalue weighted by atomic mass is 10.3. The number of aliphatic imine (C=N–C) groups is 1. The first-order valence-corrected chi connectivity index (χ1v) is 3.61. The summed E-state index contributed by atoms with van der Waals surface area (Å²) < 4.78 is 0. The minimum absolute atomic E-state index is 0.0277. The van der Waals surface area contributed by atoms with Gasteiger partial charge in [0.25, 0.3) is 5.69 Å². The second-order valence-corrected chi connectivity index (χ2v) is 2.34. The van der Waals surface area contributed by atoms with Crippen LogP contribution in [0.15, 0.2) is 29.3 Å². The highest BCUT2D eigenvalue weighted by atomic mass is 16.6. The summed E-state index contributed by atoms with van der Waals surface area (Å²) in [7, 11) is 0. The third-order valence-corrected chi connectivity index (χ3v) is 1.39. The Balaban J connectivity index is 3.07. The predicted octanol–water partition coefficient (Wildman–Crippen LogP) is 1.38. The monoisotopic (exact) mass is 194 g/mol. The van der Waals surface area contributed by atoms with Gasteiger partial charge in [-0.05, 0) is 6.07 Å². The van der Waals surface area contributed by atoms with E-state index in [-0.39, 0.29) is 11.4 Å². The molecule has 0 amide bonds. The molecule has 0 aliphatic heterocycles. The van der Waals surface area contributed by atoms with Gasteiger partial charge < -0.3 is 5.11 Å². The SMILES string of the molecule is O=C(O)C=Nc1ccccc1[N+](=O)[O-]. The molecule has 1 rings (SSSR count). The van der Waals surface area contributed by atoms with Crippen molar-refractivity contribution in [1.29, 1.82) is 0 Å². The van der Waals surface area contributed by atoms with E-state index in [9.17, 15) is 14.9 Å². The molecular formula is C8H6N2O4. The average Bonchev–Trinajstić information content (AvgIpc) is 2.15. The van der Waals surface area contributed by atoms with Crippen LogP contribution in [0.4, 0.5) is 11.4 Å². The summed E-state index contributed by atoms with van der Waals surface area (Å²) in [5.74, 6) is -1.25. The maximum Gasteiger partial charge on any atom is 0.346 e. The maximum atomic E-state index is 10.5. The molecule has 6 heteroatoms. The number of para-hydroxylation sites is 2. The van der Waals surface area contributed by atoms with Gasteiger partial charge in [-0.15, -0.1) is 0 Å². The quantitative estimate of drug-likeness (QED) is 0.446. The van der Waals surface area contributed by atoms with Crippen molar-refractivity contribution in [2.75, 3.05) is 0 Å². The van der Waals surface area contributed by atoms with Crippen molar-refractivity contribution in [1.82, 2.24) is 0 Å². The summed E-state index contributed by atoms with van der Waals surface area (Å²) in [6.07, 6.45) is 0.613. The van der Waals surface area contributed by atoms with Crippen molar-refractivity contribution < 1.29 is 14.8 Å². The van der Waals surface area contributed by atoms with Crippen LogP contribution < -0.4 is 0 Å². The van der Waals surface area contributed by atoms with E-state index in [2.05, 4.69) is 4.99 Å². The Kier molecular flexibility index (Phi) is 2.90. The van der Waals surface area contributed by atoms with Crippen LogP contribution in [-0.2, 0) is 4.79 Å². The first-order valence-electron chi connectivity index (χ1n) is 3.61. The third kappa shape index (κ3) is 2.37. The van der Waals surface area contributed by atoms with E-state index in [0.29, 0.717) is 6.21 Å². The lowest BCUT2D eigenvalue weighted by Crippen LogP contribution is -1.94. The van der Waals surface area contributed by atoms with E-state index < -0.39 is 10.9 Å². The Morgan fingerprint density at radius 2 is 2.14 bits per heavy atom. The predicted molar refractivity (Wildman–Crippen MR) is 48.9 cm³/mol. The van der Waals surface area contributed by atoms with Gasteiger partial charge in [-0.25, -0.2) is 9.79 Å². The van der Waals surface area contributed by atoms with Crippen LogP contribution in [0.5, 0.6) is 0 Å². The van der Waals surface area contributed by atoms with Gasteiger partial charge in [-0.3, -0.25) is 10.1 Å². The smallest absolute Gasteiger partial charge is 0.346 e. The normalized spacial score (nSPS) is 10.3. The molecule has 0 radical (unpaired) electrons. The molecule has 0 bridgehead atoms. The Bertz CT molecular complexity index is 400. The molecule has 0 aliphatic rings. The van der Waals surface area contributed by atoms with E-state index in [4.69, 9.17) is 5.11 Å². The number of rotatable bonds is 3. The van der Waals surface area contributed by atoms with Gasteiger partial charge in [0.15, 0.2) is 0 Å². The molecule has 6 nitrogen and oxygen atoms in total. The fraction of sp³-hybridized carbons (Fsp3) is 0. The van der Waals surface area contributed by atoms with Gasteiger partial charge in [0.2, 0.25) is 0 Å². The second-order valence-electron chi connectivity index (χ2n) is 2.34. The fourth-order valence-corrected chi connectivity index (χ4v) is 0.852. The first-order chi connectivity index (χ1) is 6.61. The van der Waals surface area contributed by atoms with Crippen molar-refractivity contribution in [3.63, 3.8) is 0 Å². The largest absolute Gasteiger partial charge is 0.477 e. The van der Waals surface area contributed by atoms with Crippen LogP contribution in [0.3, 0.4) is 0 Å². The summed E-state index contributed by atoms with van der Waals surface area (Å²) >= 11 is 0. The van der Waals surface area contributed by atoms with Crippen molar-refractivity contribution >= 4 is 23.6 Å². The van der Waals surface area contributed by atoms with E-state index in [1.54, 1.807) is 6.07 Å². The number of hydrogen-bond donors (Lipinski definition) is 1. The number of carboxylic acid groups (broad SMARTS) is 1. The minimum atomic E-state index is -1.25. The minimum Gasteiger partial charge on any atom is -0.477 e. The average molecular weight is 194 g/mol. The van der Waals surface area contributed by atoms with Crippen LogP contribution in [0.25, 0.3) is 0 Å². The standard InChI is InChI=1S/C8H6N2O4/c11-8(12)5-9-6-3-1-2-4-7(6)10(13)14/h1-5H,(H,11,12). The Labute approximate surface area is 78.7 Å². The number of carbonyl (C=O) groups is 1. The first kappa shape index (κ1) is 9.85. The van der Waals surface area contributed by atoms with Crippen LogP contribution in [0, 0.1) is 10.1 Å². The van der Waals surface area contributed by atoms with Crippen molar-refractivity contribution in [2.24, 2.45) is 4.99 Å². The highest BCUT2D eigenvalue weighted by molar-refractivity contribution is 6.22. The van der Waals surface area contributed by atoms with Gasteiger partial charge in [-0.1, -0.05) is 12.1 Å². The Morgan fingerprint density at radius 1 is 1.50 bits per heavy atom. The molecule has 0 saturated carbocycles. The lowest BCUT2D eigenvalue weighted by molar-refractivity contribution is -0.384. The number of carboxylic acids is 1. The van der Waals surface area contributed by atoms with Crippen LogP contribution in [0.1, 0.15) is 0 Å². The Hall–Kier alpha value is -2.24. The van der Waals surface area contributed by atoms with E-state index >= 15 is 0 Å². The molecule has 0 fully saturated rings. The van der Waals surface area contributed by atoms with Gasteiger partial charge in [-0.2, -0.15) is 0 Å². The molecule has 0 spiro atoms. The second kappa shape index (κ2) is 4.13. The zero-order valence-corrected chi connectivity index (χ0v) is 6.95. The van der Waals surface area contributed by atoms with E-state index in [1.807, 2.05) is 0 Å². The van der Waals surface area contributed by atoms with Crippen molar-refractivity contribution in [3.05, 3.63) is 34.4 Å². The van der Waals surface area contributed by atoms with Crippen LogP contribution >= 0.6 is 0 Å². The number of hydrogen-bond acceptors (Lipinski definition) is 4. The zero-order chi connectivity index (χ0) is 10.6. The topological polar surface area (TPSA) is 92.8 Å². The molecular weight excluding hydrogens is 188 g/mol. The molecule has 0 atom stereocenters. The molecule has 1 aromatic rings. The summed E-state index contributed by atoms with van der Waals surface area (Å²) in [6, 6.07) is 5.66. The summed E-state index contributed by atoms with van der Waals surface area (Å²) in [5.41, 5.74) is -0.190. The maximum absolute atomic E-state index is 10.5. The van der Waals surface area contributed by atoms with Crippen LogP contribution in [-0.4, -0.2) is 22.2 Å². The van der Waals surface area contributed by atoms with Crippen molar-refractivity contribution in [2.45, 2.75) is 0 Å². The molecule has 0 aromatic heterocycles. The number of nitrogens with zero attached hydrogens (tertiary/aromatic N) is 2. The van der Waals surface area contributed by atoms with Gasteiger partial charge in [0.1, 0.15) is 11.9 Å². The zero-order valence-electron chi connectivity index (χ0n) is 6.95. The number of nitro groups is 1. The number of benzene rings is 1. The lowest BCUT2D eigenvalue weighted by Gasteiger charge is -1.94. The van der Waals surface area contributed by atoms with Gasteiger partial charge >= 0.3 is 5.97 Å². The summed E-state index contributed by atoms with van der Waals surface area (Å²) in [5, 5.41) is 18.7. The molecule has 0 unspecified atom stereocenters.